The number of hydrogen-bond acceptors (Lipinski definition) is 7. The predicted octanol–water partition coefficient (Wildman–Crippen LogP) is -0.0632. The molecule has 0 aromatic heterocycles. The SMILES string of the molecule is O=C(O)C(c1ccccc1)N1CCN(CCCN2C(=O)C3CC(O)C(O)CC3C2=O)CC1. The standard InChI is InChI=1S/C23H31N3O6/c27-18-13-16-17(14-19(18)28)22(30)26(21(16)29)8-4-7-24-9-11-25(12-10-24)20(23(31)32)15-5-2-1-3-6-15/h1-3,5-6,16-20,27-28H,4,7-14H2,(H,31,32). The van der Waals surface area contributed by atoms with E-state index >= 15 is 0 Å². The normalized spacial score (nSPS) is 30.4. The molecule has 9 heteroatoms. The summed E-state index contributed by atoms with van der Waals surface area (Å²) in [5.41, 5.74) is 0.774. The summed E-state index contributed by atoms with van der Waals surface area (Å²) in [4.78, 5) is 42.6. The van der Waals surface area contributed by atoms with Crippen LogP contribution in [0.1, 0.15) is 30.9 Å². The zero-order chi connectivity index (χ0) is 22.8. The van der Waals surface area contributed by atoms with Gasteiger partial charge in [-0.25, -0.2) is 0 Å². The number of nitrogens with zero attached hydrogens (tertiary/aromatic N) is 3. The van der Waals surface area contributed by atoms with Crippen LogP contribution in [-0.2, 0) is 14.4 Å². The van der Waals surface area contributed by atoms with Gasteiger partial charge in [0.15, 0.2) is 0 Å². The van der Waals surface area contributed by atoms with Crippen LogP contribution in [-0.4, -0.2) is 99.3 Å². The molecule has 2 saturated heterocycles. The summed E-state index contributed by atoms with van der Waals surface area (Å²) in [5.74, 6) is -2.36. The number of amides is 2. The molecule has 1 saturated carbocycles. The van der Waals surface area contributed by atoms with Gasteiger partial charge >= 0.3 is 5.97 Å². The Balaban J connectivity index is 1.25. The smallest absolute Gasteiger partial charge is 0.325 e. The highest BCUT2D eigenvalue weighted by Gasteiger charge is 2.51. The molecule has 1 aromatic carbocycles. The van der Waals surface area contributed by atoms with E-state index in [1.807, 2.05) is 35.2 Å². The zero-order valence-corrected chi connectivity index (χ0v) is 18.0. The van der Waals surface area contributed by atoms with Gasteiger partial charge in [0, 0.05) is 32.7 Å². The van der Waals surface area contributed by atoms with Crippen LogP contribution in [0.4, 0.5) is 0 Å². The van der Waals surface area contributed by atoms with E-state index in [2.05, 4.69) is 4.90 Å². The monoisotopic (exact) mass is 445 g/mol. The fraction of sp³-hybridized carbons (Fsp3) is 0.609. The lowest BCUT2D eigenvalue weighted by atomic mass is 9.78. The van der Waals surface area contributed by atoms with E-state index in [9.17, 15) is 29.7 Å². The summed E-state index contributed by atoms with van der Waals surface area (Å²) < 4.78 is 0. The van der Waals surface area contributed by atoms with Gasteiger partial charge in [0.2, 0.25) is 11.8 Å². The molecule has 5 atom stereocenters. The van der Waals surface area contributed by atoms with Crippen molar-refractivity contribution in [3.8, 4) is 0 Å². The molecule has 1 aromatic rings. The Kier molecular flexibility index (Phi) is 6.90. The molecule has 2 heterocycles. The number of carboxylic acids is 1. The van der Waals surface area contributed by atoms with E-state index in [4.69, 9.17) is 0 Å². The highest BCUT2D eigenvalue weighted by molar-refractivity contribution is 6.05. The molecule has 32 heavy (non-hydrogen) atoms. The lowest BCUT2D eigenvalue weighted by Crippen LogP contribution is -2.49. The molecule has 2 aliphatic heterocycles. The van der Waals surface area contributed by atoms with Gasteiger partial charge in [0.05, 0.1) is 24.0 Å². The third-order valence-corrected chi connectivity index (χ3v) is 7.06. The van der Waals surface area contributed by atoms with Crippen molar-refractivity contribution < 1.29 is 29.7 Å². The van der Waals surface area contributed by atoms with Crippen LogP contribution in [0.2, 0.25) is 0 Å². The van der Waals surface area contributed by atoms with Gasteiger partial charge in [0.1, 0.15) is 6.04 Å². The molecule has 3 N–H and O–H groups in total. The first kappa shape index (κ1) is 22.8. The van der Waals surface area contributed by atoms with Gasteiger partial charge in [-0.15, -0.1) is 0 Å². The Labute approximate surface area is 187 Å². The largest absolute Gasteiger partial charge is 0.480 e. The van der Waals surface area contributed by atoms with Crippen LogP contribution >= 0.6 is 0 Å². The van der Waals surface area contributed by atoms with Gasteiger partial charge in [-0.3, -0.25) is 24.2 Å². The molecule has 3 fully saturated rings. The van der Waals surface area contributed by atoms with Crippen LogP contribution in [0.15, 0.2) is 30.3 Å². The average molecular weight is 446 g/mol. The molecule has 0 bridgehead atoms. The molecular weight excluding hydrogens is 414 g/mol. The van der Waals surface area contributed by atoms with Crippen molar-refractivity contribution in [1.82, 2.24) is 14.7 Å². The summed E-state index contributed by atoms with van der Waals surface area (Å²) in [6, 6.07) is 8.58. The van der Waals surface area contributed by atoms with Crippen LogP contribution in [0.5, 0.6) is 0 Å². The molecule has 0 radical (unpaired) electrons. The average Bonchev–Trinajstić information content (AvgIpc) is 3.00. The first-order valence-electron chi connectivity index (χ1n) is 11.3. The Morgan fingerprint density at radius 1 is 0.906 bits per heavy atom. The first-order valence-corrected chi connectivity index (χ1v) is 11.3. The minimum Gasteiger partial charge on any atom is -0.480 e. The molecule has 4 rings (SSSR count). The molecule has 174 valence electrons. The lowest BCUT2D eigenvalue weighted by Gasteiger charge is -2.38. The van der Waals surface area contributed by atoms with Crippen molar-refractivity contribution in [2.45, 2.75) is 37.5 Å². The summed E-state index contributed by atoms with van der Waals surface area (Å²) in [6.07, 6.45) is -0.977. The summed E-state index contributed by atoms with van der Waals surface area (Å²) in [7, 11) is 0. The van der Waals surface area contributed by atoms with Crippen LogP contribution in [0.3, 0.4) is 0 Å². The number of hydrogen-bond donors (Lipinski definition) is 3. The van der Waals surface area contributed by atoms with Gasteiger partial charge < -0.3 is 20.2 Å². The number of imide groups is 1. The lowest BCUT2D eigenvalue weighted by molar-refractivity contribution is -0.144. The van der Waals surface area contributed by atoms with Crippen molar-refractivity contribution in [2.75, 3.05) is 39.3 Å². The zero-order valence-electron chi connectivity index (χ0n) is 18.0. The number of carbonyl (C=O) groups is 3. The van der Waals surface area contributed by atoms with E-state index in [0.29, 0.717) is 32.6 Å². The van der Waals surface area contributed by atoms with Crippen molar-refractivity contribution in [3.05, 3.63) is 35.9 Å². The number of rotatable bonds is 7. The Morgan fingerprint density at radius 3 is 2.00 bits per heavy atom. The second-order valence-electron chi connectivity index (χ2n) is 9.03. The van der Waals surface area contributed by atoms with Gasteiger partial charge in [-0.05, 0) is 31.4 Å². The number of piperazine rings is 1. The maximum absolute atomic E-state index is 12.6. The van der Waals surface area contributed by atoms with E-state index in [0.717, 1.165) is 18.7 Å². The number of benzene rings is 1. The van der Waals surface area contributed by atoms with Crippen molar-refractivity contribution >= 4 is 17.8 Å². The Hall–Kier alpha value is -2.33. The number of aliphatic hydroxyl groups is 2. The van der Waals surface area contributed by atoms with Gasteiger partial charge in [-0.2, -0.15) is 0 Å². The summed E-state index contributed by atoms with van der Waals surface area (Å²) in [5, 5.41) is 29.4. The maximum Gasteiger partial charge on any atom is 0.325 e. The van der Waals surface area contributed by atoms with Gasteiger partial charge in [-0.1, -0.05) is 30.3 Å². The highest BCUT2D eigenvalue weighted by Crippen LogP contribution is 2.38. The van der Waals surface area contributed by atoms with Crippen molar-refractivity contribution in [3.63, 3.8) is 0 Å². The van der Waals surface area contributed by atoms with Crippen molar-refractivity contribution in [1.29, 1.82) is 0 Å². The van der Waals surface area contributed by atoms with Crippen LogP contribution < -0.4 is 0 Å². The number of carbonyl (C=O) groups excluding carboxylic acids is 2. The fourth-order valence-electron chi connectivity index (χ4n) is 5.28. The minimum absolute atomic E-state index is 0.140. The summed E-state index contributed by atoms with van der Waals surface area (Å²) in [6.45, 7) is 3.76. The molecule has 9 nitrogen and oxygen atoms in total. The van der Waals surface area contributed by atoms with E-state index in [-0.39, 0.29) is 24.7 Å². The minimum atomic E-state index is -0.949. The predicted molar refractivity (Wildman–Crippen MR) is 114 cm³/mol. The number of aliphatic carboxylic acids is 1. The molecule has 2 amide bonds. The fourth-order valence-corrected chi connectivity index (χ4v) is 5.28. The second kappa shape index (κ2) is 9.66. The number of aliphatic hydroxyl groups excluding tert-OH is 2. The Morgan fingerprint density at radius 2 is 1.47 bits per heavy atom. The number of fused-ring (bicyclic) bond motifs is 1. The van der Waals surface area contributed by atoms with E-state index in [1.54, 1.807) is 0 Å². The van der Waals surface area contributed by atoms with E-state index in [1.165, 1.54) is 4.90 Å². The van der Waals surface area contributed by atoms with E-state index < -0.39 is 36.1 Å². The molecular formula is C23H31N3O6. The van der Waals surface area contributed by atoms with Crippen LogP contribution in [0, 0.1) is 11.8 Å². The topological polar surface area (TPSA) is 122 Å². The molecule has 1 aliphatic carbocycles. The third kappa shape index (κ3) is 4.56. The first-order chi connectivity index (χ1) is 15.4. The molecule has 0 spiro atoms. The summed E-state index contributed by atoms with van der Waals surface area (Å²) >= 11 is 0. The molecule has 3 aliphatic rings. The molecule has 5 unspecified atom stereocenters. The second-order valence-corrected chi connectivity index (χ2v) is 9.03. The number of carboxylic acid groups (broad SMARTS) is 1. The maximum atomic E-state index is 12.6. The van der Waals surface area contributed by atoms with Crippen molar-refractivity contribution in [2.24, 2.45) is 11.8 Å². The van der Waals surface area contributed by atoms with Crippen LogP contribution in [0.25, 0.3) is 0 Å². The number of likely N-dealkylation sites (tertiary alicyclic amines) is 1. The third-order valence-electron chi connectivity index (χ3n) is 7.06. The quantitative estimate of drug-likeness (QED) is 0.499. The highest BCUT2D eigenvalue weighted by atomic mass is 16.4. The Bertz CT molecular complexity index is 813. The van der Waals surface area contributed by atoms with Gasteiger partial charge in [0.25, 0.3) is 0 Å².